The summed E-state index contributed by atoms with van der Waals surface area (Å²) >= 11 is 0. The first kappa shape index (κ1) is 29.7. The van der Waals surface area contributed by atoms with Gasteiger partial charge in [0.25, 0.3) is 0 Å². The van der Waals surface area contributed by atoms with Crippen molar-refractivity contribution in [3.63, 3.8) is 0 Å². The SMILES string of the molecule is CCCCCCC(C)CON1C(C)(C)CCC(c2ccc(C3CC(C)(C)NC3(C)C)cc2)CC1(C)C. The molecule has 3 unspecified atom stereocenters. The van der Waals surface area contributed by atoms with Gasteiger partial charge in [-0.05, 0) is 110 Å². The molecule has 2 aliphatic rings. The van der Waals surface area contributed by atoms with Crippen molar-refractivity contribution in [1.29, 1.82) is 0 Å². The van der Waals surface area contributed by atoms with Crippen LogP contribution in [-0.4, -0.2) is 33.8 Å². The Kier molecular flexibility index (Phi) is 9.44. The van der Waals surface area contributed by atoms with E-state index in [1.807, 2.05) is 0 Å². The molecule has 1 N–H and O–H groups in total. The van der Waals surface area contributed by atoms with E-state index >= 15 is 0 Å². The van der Waals surface area contributed by atoms with E-state index in [2.05, 4.69) is 104 Å². The Morgan fingerprint density at radius 1 is 0.889 bits per heavy atom. The Balaban J connectivity index is 1.67. The Hall–Kier alpha value is -0.900. The van der Waals surface area contributed by atoms with E-state index < -0.39 is 0 Å². The molecule has 2 fully saturated rings. The highest BCUT2D eigenvalue weighted by Crippen LogP contribution is 2.45. The fourth-order valence-electron chi connectivity index (χ4n) is 7.39. The topological polar surface area (TPSA) is 24.5 Å². The summed E-state index contributed by atoms with van der Waals surface area (Å²) in [5, 5.41) is 6.23. The zero-order valence-corrected chi connectivity index (χ0v) is 25.5. The molecule has 3 rings (SSSR count). The molecule has 1 aromatic rings. The summed E-state index contributed by atoms with van der Waals surface area (Å²) in [5.74, 6) is 1.73. The van der Waals surface area contributed by atoms with Crippen LogP contribution in [0.3, 0.4) is 0 Å². The second kappa shape index (κ2) is 11.5. The number of unbranched alkanes of at least 4 members (excludes halogenated alkanes) is 3. The number of hydrogen-bond acceptors (Lipinski definition) is 3. The van der Waals surface area contributed by atoms with Crippen LogP contribution in [0.15, 0.2) is 24.3 Å². The maximum absolute atomic E-state index is 6.65. The zero-order chi connectivity index (χ0) is 26.8. The van der Waals surface area contributed by atoms with Crippen molar-refractivity contribution in [3.05, 3.63) is 35.4 Å². The molecule has 3 heteroatoms. The minimum Gasteiger partial charge on any atom is -0.306 e. The van der Waals surface area contributed by atoms with Crippen LogP contribution in [0.2, 0.25) is 0 Å². The van der Waals surface area contributed by atoms with Gasteiger partial charge in [0, 0.05) is 28.1 Å². The molecule has 1 aromatic carbocycles. The molecule has 0 aromatic heterocycles. The monoisotopic (exact) mass is 498 g/mol. The lowest BCUT2D eigenvalue weighted by molar-refractivity contribution is -0.269. The van der Waals surface area contributed by atoms with Crippen LogP contribution in [0, 0.1) is 5.92 Å². The van der Waals surface area contributed by atoms with Crippen molar-refractivity contribution in [2.45, 2.75) is 161 Å². The van der Waals surface area contributed by atoms with Crippen LogP contribution >= 0.6 is 0 Å². The molecule has 0 spiro atoms. The van der Waals surface area contributed by atoms with Crippen molar-refractivity contribution in [3.8, 4) is 0 Å². The molecule has 206 valence electrons. The van der Waals surface area contributed by atoms with Crippen molar-refractivity contribution in [1.82, 2.24) is 10.4 Å². The maximum Gasteiger partial charge on any atom is 0.0711 e. The van der Waals surface area contributed by atoms with Gasteiger partial charge in [0.15, 0.2) is 0 Å². The van der Waals surface area contributed by atoms with Crippen LogP contribution < -0.4 is 5.32 Å². The molecule has 0 radical (unpaired) electrons. The van der Waals surface area contributed by atoms with Gasteiger partial charge in [0.2, 0.25) is 0 Å². The molecule has 3 nitrogen and oxygen atoms in total. The standard InChI is InChI=1S/C33H58N2O/c1-11-12-13-14-15-25(2)24-36-35-31(5,6)21-20-28(22-32(35,7)8)26-16-18-27(19-17-26)29-23-30(3,4)34-33(29,9)10/h16-19,25,28-29,34H,11-15,20-24H2,1-10H3. The van der Waals surface area contributed by atoms with E-state index in [0.29, 0.717) is 17.8 Å². The highest BCUT2D eigenvalue weighted by atomic mass is 16.7. The van der Waals surface area contributed by atoms with E-state index in [9.17, 15) is 0 Å². The second-order valence-corrected chi connectivity index (χ2v) is 14.8. The lowest BCUT2D eigenvalue weighted by Crippen LogP contribution is -2.54. The van der Waals surface area contributed by atoms with Gasteiger partial charge < -0.3 is 5.32 Å². The van der Waals surface area contributed by atoms with E-state index in [1.165, 1.54) is 56.1 Å². The molecule has 2 saturated heterocycles. The van der Waals surface area contributed by atoms with Crippen LogP contribution in [0.5, 0.6) is 0 Å². The summed E-state index contributed by atoms with van der Waals surface area (Å²) < 4.78 is 0. The molecule has 0 amide bonds. The van der Waals surface area contributed by atoms with Crippen molar-refractivity contribution >= 4 is 0 Å². The van der Waals surface area contributed by atoms with Gasteiger partial charge >= 0.3 is 0 Å². The Morgan fingerprint density at radius 3 is 2.11 bits per heavy atom. The predicted octanol–water partition coefficient (Wildman–Crippen LogP) is 8.99. The number of rotatable bonds is 10. The summed E-state index contributed by atoms with van der Waals surface area (Å²) in [7, 11) is 0. The normalized spacial score (nSPS) is 28.1. The highest BCUT2D eigenvalue weighted by molar-refractivity contribution is 5.32. The number of nitrogens with one attached hydrogen (secondary N) is 1. The zero-order valence-electron chi connectivity index (χ0n) is 25.5. The third kappa shape index (κ3) is 7.35. The minimum atomic E-state index is -0.00729. The first-order chi connectivity index (χ1) is 16.7. The second-order valence-electron chi connectivity index (χ2n) is 14.8. The van der Waals surface area contributed by atoms with Gasteiger partial charge in [-0.15, -0.1) is 0 Å². The molecule has 3 atom stereocenters. The van der Waals surface area contributed by atoms with Gasteiger partial charge in [-0.1, -0.05) is 63.8 Å². The van der Waals surface area contributed by atoms with Crippen LogP contribution in [0.4, 0.5) is 0 Å². The van der Waals surface area contributed by atoms with Crippen LogP contribution in [0.25, 0.3) is 0 Å². The van der Waals surface area contributed by atoms with Gasteiger partial charge in [-0.2, -0.15) is 5.06 Å². The first-order valence-electron chi connectivity index (χ1n) is 15.0. The fourth-order valence-corrected chi connectivity index (χ4v) is 7.39. The quantitative estimate of drug-likeness (QED) is 0.326. The van der Waals surface area contributed by atoms with E-state index in [4.69, 9.17) is 4.84 Å². The Morgan fingerprint density at radius 2 is 1.53 bits per heavy atom. The predicted molar refractivity (Wildman–Crippen MR) is 156 cm³/mol. The smallest absolute Gasteiger partial charge is 0.0711 e. The molecule has 0 aliphatic carbocycles. The highest BCUT2D eigenvalue weighted by Gasteiger charge is 2.45. The maximum atomic E-state index is 6.65. The summed E-state index contributed by atoms with van der Waals surface area (Å²) in [6.07, 6.45) is 11.3. The van der Waals surface area contributed by atoms with Crippen molar-refractivity contribution in [2.24, 2.45) is 5.92 Å². The first-order valence-corrected chi connectivity index (χ1v) is 15.0. The average molecular weight is 499 g/mol. The fraction of sp³-hybridized carbons (Fsp3) is 0.818. The lowest BCUT2D eigenvalue weighted by Gasteiger charge is -2.46. The Labute approximate surface area is 224 Å². The number of nitrogens with zero attached hydrogens (tertiary/aromatic N) is 1. The molecule has 0 saturated carbocycles. The van der Waals surface area contributed by atoms with E-state index in [0.717, 1.165) is 19.4 Å². The third-order valence-electron chi connectivity index (χ3n) is 9.05. The van der Waals surface area contributed by atoms with Crippen molar-refractivity contribution in [2.75, 3.05) is 6.61 Å². The molecular formula is C33H58N2O. The van der Waals surface area contributed by atoms with Gasteiger partial charge in [0.05, 0.1) is 6.61 Å². The van der Waals surface area contributed by atoms with Gasteiger partial charge in [0.1, 0.15) is 0 Å². The summed E-state index contributed by atoms with van der Waals surface area (Å²) in [4.78, 5) is 6.65. The van der Waals surface area contributed by atoms with E-state index in [-0.39, 0.29) is 22.2 Å². The summed E-state index contributed by atoms with van der Waals surface area (Å²) in [6, 6.07) is 9.70. The number of hydrogen-bond donors (Lipinski definition) is 1. The molecule has 2 aliphatic heterocycles. The minimum absolute atomic E-state index is 0.00729. The largest absolute Gasteiger partial charge is 0.306 e. The Bertz CT molecular complexity index is 823. The average Bonchev–Trinajstić information content (AvgIpc) is 2.95. The molecule has 36 heavy (non-hydrogen) atoms. The van der Waals surface area contributed by atoms with Gasteiger partial charge in [-0.3, -0.25) is 4.84 Å². The lowest BCUT2D eigenvalue weighted by atomic mass is 9.79. The molecular weight excluding hydrogens is 440 g/mol. The number of hydroxylamine groups is 2. The molecule has 0 bridgehead atoms. The molecule has 2 heterocycles. The van der Waals surface area contributed by atoms with Crippen LogP contribution in [0.1, 0.15) is 150 Å². The number of benzene rings is 1. The van der Waals surface area contributed by atoms with Gasteiger partial charge in [-0.25, -0.2) is 0 Å². The van der Waals surface area contributed by atoms with E-state index in [1.54, 1.807) is 0 Å². The third-order valence-corrected chi connectivity index (χ3v) is 9.05. The van der Waals surface area contributed by atoms with Crippen molar-refractivity contribution < 1.29 is 4.84 Å². The summed E-state index contributed by atoms with van der Waals surface area (Å²) in [5.41, 5.74) is 3.33. The van der Waals surface area contributed by atoms with Crippen LogP contribution in [-0.2, 0) is 4.84 Å². The summed E-state index contributed by atoms with van der Waals surface area (Å²) in [6.45, 7) is 24.4.